The first-order valence-corrected chi connectivity index (χ1v) is 9.05. The molecular formula is C16H14N2O2S2. The first kappa shape index (κ1) is 14.9. The number of pyridine rings is 1. The predicted molar refractivity (Wildman–Crippen MR) is 87.2 cm³/mol. The molecule has 0 aliphatic rings. The van der Waals surface area contributed by atoms with Crippen molar-refractivity contribution in [2.24, 2.45) is 0 Å². The van der Waals surface area contributed by atoms with Gasteiger partial charge in [-0.2, -0.15) is 4.72 Å². The molecule has 22 heavy (non-hydrogen) atoms. The molecule has 0 saturated carbocycles. The van der Waals surface area contributed by atoms with Gasteiger partial charge in [0.1, 0.15) is 4.21 Å². The summed E-state index contributed by atoms with van der Waals surface area (Å²) in [7, 11) is -3.58. The van der Waals surface area contributed by atoms with Gasteiger partial charge in [0.15, 0.2) is 0 Å². The van der Waals surface area contributed by atoms with Crippen LogP contribution in [-0.2, 0) is 10.0 Å². The van der Waals surface area contributed by atoms with Crippen molar-refractivity contribution in [3.05, 3.63) is 83.5 Å². The fourth-order valence-corrected chi connectivity index (χ4v) is 4.33. The van der Waals surface area contributed by atoms with Crippen molar-refractivity contribution < 1.29 is 8.42 Å². The number of hydrogen-bond acceptors (Lipinski definition) is 4. The Bertz CT molecular complexity index is 778. The van der Waals surface area contributed by atoms with Crippen molar-refractivity contribution in [2.45, 2.75) is 10.3 Å². The maximum atomic E-state index is 12.5. The zero-order chi connectivity index (χ0) is 15.4. The molecule has 0 saturated heterocycles. The van der Waals surface area contributed by atoms with E-state index in [1.165, 1.54) is 11.3 Å². The van der Waals surface area contributed by atoms with E-state index in [2.05, 4.69) is 9.71 Å². The SMILES string of the molecule is O=S(=O)(NC(c1ccccc1)c1ccccn1)c1cccs1. The van der Waals surface area contributed by atoms with Gasteiger partial charge in [0, 0.05) is 6.20 Å². The lowest BCUT2D eigenvalue weighted by molar-refractivity contribution is 0.572. The zero-order valence-corrected chi connectivity index (χ0v) is 13.2. The lowest BCUT2D eigenvalue weighted by Crippen LogP contribution is -2.29. The number of benzene rings is 1. The Morgan fingerprint density at radius 3 is 2.36 bits per heavy atom. The molecular weight excluding hydrogens is 316 g/mol. The first-order valence-electron chi connectivity index (χ1n) is 6.68. The second kappa shape index (κ2) is 6.39. The van der Waals surface area contributed by atoms with Crippen LogP contribution in [0.1, 0.15) is 17.3 Å². The maximum absolute atomic E-state index is 12.5. The first-order chi connectivity index (χ1) is 10.7. The number of hydrogen-bond donors (Lipinski definition) is 1. The number of sulfonamides is 1. The summed E-state index contributed by atoms with van der Waals surface area (Å²) in [5.74, 6) is 0. The Morgan fingerprint density at radius 1 is 0.955 bits per heavy atom. The van der Waals surface area contributed by atoms with Gasteiger partial charge in [-0.3, -0.25) is 4.98 Å². The normalized spacial score (nSPS) is 12.9. The van der Waals surface area contributed by atoms with E-state index in [-0.39, 0.29) is 0 Å². The number of nitrogens with zero attached hydrogens (tertiary/aromatic N) is 1. The van der Waals surface area contributed by atoms with Crippen LogP contribution in [0.5, 0.6) is 0 Å². The summed E-state index contributed by atoms with van der Waals surface area (Å²) in [5.41, 5.74) is 1.51. The Labute approximate surface area is 133 Å². The third-order valence-corrected chi connectivity index (χ3v) is 5.97. The smallest absolute Gasteiger partial charge is 0.250 e. The predicted octanol–water partition coefficient (Wildman–Crippen LogP) is 3.21. The Kier molecular flexibility index (Phi) is 4.33. The number of aromatic nitrogens is 1. The van der Waals surface area contributed by atoms with E-state index in [0.717, 1.165) is 5.56 Å². The summed E-state index contributed by atoms with van der Waals surface area (Å²) in [6.45, 7) is 0. The van der Waals surface area contributed by atoms with Crippen molar-refractivity contribution in [3.8, 4) is 0 Å². The topological polar surface area (TPSA) is 59.1 Å². The van der Waals surface area contributed by atoms with Gasteiger partial charge in [0.2, 0.25) is 0 Å². The Balaban J connectivity index is 2.00. The molecule has 0 aliphatic carbocycles. The van der Waals surface area contributed by atoms with Crippen molar-refractivity contribution in [3.63, 3.8) is 0 Å². The van der Waals surface area contributed by atoms with Crippen LogP contribution in [0.15, 0.2) is 76.4 Å². The van der Waals surface area contributed by atoms with E-state index in [0.29, 0.717) is 9.90 Å². The highest BCUT2D eigenvalue weighted by Crippen LogP contribution is 2.24. The molecule has 0 aliphatic heterocycles. The number of nitrogens with one attached hydrogen (secondary N) is 1. The maximum Gasteiger partial charge on any atom is 0.250 e. The van der Waals surface area contributed by atoms with Gasteiger partial charge < -0.3 is 0 Å². The van der Waals surface area contributed by atoms with Gasteiger partial charge in [-0.25, -0.2) is 8.42 Å². The third kappa shape index (κ3) is 3.24. The van der Waals surface area contributed by atoms with E-state index in [4.69, 9.17) is 0 Å². The van der Waals surface area contributed by atoms with Crippen LogP contribution in [0.2, 0.25) is 0 Å². The highest BCUT2D eigenvalue weighted by atomic mass is 32.2. The minimum atomic E-state index is -3.58. The standard InChI is InChI=1S/C16H14N2O2S2/c19-22(20,15-10-6-12-21-15)18-16(13-7-2-1-3-8-13)14-9-4-5-11-17-14/h1-12,16,18H. The molecule has 112 valence electrons. The molecule has 0 spiro atoms. The van der Waals surface area contributed by atoms with E-state index in [1.807, 2.05) is 42.5 Å². The van der Waals surface area contributed by atoms with Crippen LogP contribution in [0, 0.1) is 0 Å². The van der Waals surface area contributed by atoms with E-state index >= 15 is 0 Å². The van der Waals surface area contributed by atoms with Gasteiger partial charge in [-0.15, -0.1) is 11.3 Å². The van der Waals surface area contributed by atoms with Crippen LogP contribution in [0.3, 0.4) is 0 Å². The van der Waals surface area contributed by atoms with Crippen molar-refractivity contribution >= 4 is 21.4 Å². The van der Waals surface area contributed by atoms with Gasteiger partial charge in [0.05, 0.1) is 11.7 Å². The van der Waals surface area contributed by atoms with Crippen LogP contribution in [-0.4, -0.2) is 13.4 Å². The molecule has 3 rings (SSSR count). The highest BCUT2D eigenvalue weighted by molar-refractivity contribution is 7.91. The summed E-state index contributed by atoms with van der Waals surface area (Å²) < 4.78 is 28.1. The van der Waals surface area contributed by atoms with E-state index in [9.17, 15) is 8.42 Å². The fraction of sp³-hybridized carbons (Fsp3) is 0.0625. The highest BCUT2D eigenvalue weighted by Gasteiger charge is 2.24. The van der Waals surface area contributed by atoms with Crippen LogP contribution in [0.4, 0.5) is 0 Å². The Morgan fingerprint density at radius 2 is 1.73 bits per heavy atom. The third-order valence-electron chi connectivity index (χ3n) is 3.15. The molecule has 2 aromatic heterocycles. The van der Waals surface area contributed by atoms with E-state index in [1.54, 1.807) is 29.8 Å². The van der Waals surface area contributed by atoms with Gasteiger partial charge in [-0.1, -0.05) is 42.5 Å². The minimum Gasteiger partial charge on any atom is -0.259 e. The quantitative estimate of drug-likeness (QED) is 0.781. The largest absolute Gasteiger partial charge is 0.259 e. The number of rotatable bonds is 5. The zero-order valence-electron chi connectivity index (χ0n) is 11.6. The molecule has 1 unspecified atom stereocenters. The molecule has 1 atom stereocenters. The van der Waals surface area contributed by atoms with E-state index < -0.39 is 16.1 Å². The molecule has 1 N–H and O–H groups in total. The summed E-state index contributed by atoms with van der Waals surface area (Å²) in [6, 6.07) is 17.7. The molecule has 0 bridgehead atoms. The van der Waals surface area contributed by atoms with Gasteiger partial charge in [0.25, 0.3) is 10.0 Å². The second-order valence-electron chi connectivity index (χ2n) is 4.65. The van der Waals surface area contributed by atoms with Crippen molar-refractivity contribution in [1.82, 2.24) is 9.71 Å². The molecule has 0 fully saturated rings. The fourth-order valence-electron chi connectivity index (χ4n) is 2.12. The minimum absolute atomic E-state index is 0.296. The van der Waals surface area contributed by atoms with Crippen LogP contribution < -0.4 is 4.72 Å². The summed E-state index contributed by atoms with van der Waals surface area (Å²) in [6.07, 6.45) is 1.66. The molecule has 1 aromatic carbocycles. The molecule has 0 radical (unpaired) electrons. The lowest BCUT2D eigenvalue weighted by Gasteiger charge is -2.18. The summed E-state index contributed by atoms with van der Waals surface area (Å²) in [4.78, 5) is 4.30. The molecule has 3 aromatic rings. The average molecular weight is 330 g/mol. The Hall–Kier alpha value is -2.02. The van der Waals surface area contributed by atoms with Gasteiger partial charge in [-0.05, 0) is 29.1 Å². The second-order valence-corrected chi connectivity index (χ2v) is 7.54. The lowest BCUT2D eigenvalue weighted by atomic mass is 10.0. The van der Waals surface area contributed by atoms with Crippen LogP contribution >= 0.6 is 11.3 Å². The molecule has 4 nitrogen and oxygen atoms in total. The monoisotopic (exact) mass is 330 g/mol. The van der Waals surface area contributed by atoms with Crippen LogP contribution in [0.25, 0.3) is 0 Å². The average Bonchev–Trinajstić information content (AvgIpc) is 3.10. The summed E-state index contributed by atoms with van der Waals surface area (Å²) in [5, 5.41) is 1.74. The molecule has 2 heterocycles. The number of thiophene rings is 1. The molecule has 6 heteroatoms. The van der Waals surface area contributed by atoms with Crippen molar-refractivity contribution in [1.29, 1.82) is 0 Å². The van der Waals surface area contributed by atoms with Crippen molar-refractivity contribution in [2.75, 3.05) is 0 Å². The molecule has 0 amide bonds. The summed E-state index contributed by atoms with van der Waals surface area (Å²) >= 11 is 1.19. The van der Waals surface area contributed by atoms with Gasteiger partial charge >= 0.3 is 0 Å².